The zero-order valence-corrected chi connectivity index (χ0v) is 15.0. The van der Waals surface area contributed by atoms with Gasteiger partial charge in [0.05, 0.1) is 18.0 Å². The van der Waals surface area contributed by atoms with E-state index in [2.05, 4.69) is 31.4 Å². The van der Waals surface area contributed by atoms with E-state index in [0.29, 0.717) is 11.6 Å². The summed E-state index contributed by atoms with van der Waals surface area (Å²) in [7, 11) is 1.64. The van der Waals surface area contributed by atoms with Crippen molar-refractivity contribution in [1.82, 2.24) is 0 Å². The highest BCUT2D eigenvalue weighted by Gasteiger charge is 2.18. The Morgan fingerprint density at radius 2 is 2.04 bits per heavy atom. The SMILES string of the molecule is COc1ccc2oc(=O)cc(C[NH+](Cc3cccs3)C(C)C)c2c1. The van der Waals surface area contributed by atoms with Crippen LogP contribution in [-0.4, -0.2) is 13.2 Å². The molecule has 126 valence electrons. The average molecular weight is 344 g/mol. The zero-order chi connectivity index (χ0) is 17.1. The summed E-state index contributed by atoms with van der Waals surface area (Å²) in [5.74, 6) is 0.766. The quantitative estimate of drug-likeness (QED) is 0.699. The molecular formula is C19H22NO3S+. The minimum absolute atomic E-state index is 0.304. The highest BCUT2D eigenvalue weighted by Crippen LogP contribution is 2.22. The van der Waals surface area contributed by atoms with Crippen LogP contribution in [0.2, 0.25) is 0 Å². The topological polar surface area (TPSA) is 43.9 Å². The lowest BCUT2D eigenvalue weighted by atomic mass is 10.1. The van der Waals surface area contributed by atoms with Gasteiger partial charge >= 0.3 is 5.63 Å². The number of benzene rings is 1. The fourth-order valence-corrected chi connectivity index (χ4v) is 3.59. The van der Waals surface area contributed by atoms with E-state index in [4.69, 9.17) is 9.15 Å². The fraction of sp³-hybridized carbons (Fsp3) is 0.316. The van der Waals surface area contributed by atoms with E-state index in [1.165, 1.54) is 9.78 Å². The second-order valence-electron chi connectivity index (χ2n) is 6.20. The third kappa shape index (κ3) is 3.68. The molecule has 1 N–H and O–H groups in total. The Labute approximate surface area is 145 Å². The van der Waals surface area contributed by atoms with Gasteiger partial charge in [-0.2, -0.15) is 0 Å². The highest BCUT2D eigenvalue weighted by atomic mass is 32.1. The molecule has 5 heteroatoms. The van der Waals surface area contributed by atoms with Crippen LogP contribution in [0.1, 0.15) is 24.3 Å². The van der Waals surface area contributed by atoms with Crippen molar-refractivity contribution in [2.45, 2.75) is 33.0 Å². The van der Waals surface area contributed by atoms with Crippen molar-refractivity contribution in [3.05, 3.63) is 62.6 Å². The Morgan fingerprint density at radius 1 is 1.21 bits per heavy atom. The molecule has 0 saturated carbocycles. The lowest BCUT2D eigenvalue weighted by molar-refractivity contribution is -0.947. The van der Waals surface area contributed by atoms with Crippen LogP contribution in [-0.2, 0) is 13.1 Å². The fourth-order valence-electron chi connectivity index (χ4n) is 2.83. The number of methoxy groups -OCH3 is 1. The van der Waals surface area contributed by atoms with Gasteiger partial charge in [-0.15, -0.1) is 11.3 Å². The standard InChI is InChI=1S/C19H21NO3S/c1-13(2)20(12-16-5-4-8-24-16)11-14-9-19(21)23-18-7-6-15(22-3)10-17(14)18/h4-10,13H,11-12H2,1-3H3/p+1. The van der Waals surface area contributed by atoms with Crippen molar-refractivity contribution >= 4 is 22.3 Å². The van der Waals surface area contributed by atoms with E-state index in [0.717, 1.165) is 29.8 Å². The maximum absolute atomic E-state index is 11.9. The second-order valence-corrected chi connectivity index (χ2v) is 7.23. The molecule has 0 aliphatic carbocycles. The first kappa shape index (κ1) is 16.7. The number of ether oxygens (including phenoxy) is 1. The van der Waals surface area contributed by atoms with Gasteiger partial charge in [0, 0.05) is 17.0 Å². The molecule has 0 spiro atoms. The maximum atomic E-state index is 11.9. The summed E-state index contributed by atoms with van der Waals surface area (Å²) in [5, 5.41) is 3.04. The van der Waals surface area contributed by atoms with E-state index in [-0.39, 0.29) is 5.63 Å². The Balaban J connectivity index is 1.98. The molecule has 0 radical (unpaired) electrons. The number of hydrogen-bond acceptors (Lipinski definition) is 4. The first-order chi connectivity index (χ1) is 11.6. The van der Waals surface area contributed by atoms with Gasteiger partial charge in [-0.05, 0) is 43.5 Å². The summed E-state index contributed by atoms with van der Waals surface area (Å²) in [5.41, 5.74) is 1.31. The number of nitrogens with one attached hydrogen (secondary N) is 1. The van der Waals surface area contributed by atoms with E-state index in [9.17, 15) is 4.79 Å². The summed E-state index contributed by atoms with van der Waals surface area (Å²) >= 11 is 1.77. The summed E-state index contributed by atoms with van der Waals surface area (Å²) < 4.78 is 10.7. The minimum atomic E-state index is -0.304. The van der Waals surface area contributed by atoms with Crippen LogP contribution in [0.15, 0.2) is 51.0 Å². The molecule has 0 amide bonds. The first-order valence-electron chi connectivity index (χ1n) is 8.04. The van der Waals surface area contributed by atoms with Gasteiger partial charge in [-0.3, -0.25) is 0 Å². The number of quaternary nitrogens is 1. The predicted octanol–water partition coefficient (Wildman–Crippen LogP) is 2.86. The Morgan fingerprint density at radius 3 is 2.71 bits per heavy atom. The lowest BCUT2D eigenvalue weighted by Crippen LogP contribution is -3.12. The molecule has 2 aromatic heterocycles. The van der Waals surface area contributed by atoms with Crippen LogP contribution in [0.5, 0.6) is 5.75 Å². The van der Waals surface area contributed by atoms with Crippen LogP contribution >= 0.6 is 11.3 Å². The van der Waals surface area contributed by atoms with Gasteiger partial charge in [-0.1, -0.05) is 6.07 Å². The van der Waals surface area contributed by atoms with E-state index in [1.807, 2.05) is 12.1 Å². The van der Waals surface area contributed by atoms with Crippen LogP contribution < -0.4 is 15.3 Å². The zero-order valence-electron chi connectivity index (χ0n) is 14.2. The van der Waals surface area contributed by atoms with Gasteiger partial charge in [-0.25, -0.2) is 4.79 Å². The van der Waals surface area contributed by atoms with Crippen molar-refractivity contribution in [3.63, 3.8) is 0 Å². The Hall–Kier alpha value is -2.11. The van der Waals surface area contributed by atoms with Crippen molar-refractivity contribution in [1.29, 1.82) is 0 Å². The van der Waals surface area contributed by atoms with Gasteiger partial charge in [0.1, 0.15) is 24.4 Å². The molecule has 0 aliphatic heterocycles. The molecule has 2 heterocycles. The lowest BCUT2D eigenvalue weighted by Gasteiger charge is -2.23. The number of hydrogen-bond donors (Lipinski definition) is 1. The van der Waals surface area contributed by atoms with Crippen molar-refractivity contribution < 1.29 is 14.1 Å². The molecule has 1 aromatic carbocycles. The maximum Gasteiger partial charge on any atom is 0.336 e. The van der Waals surface area contributed by atoms with Crippen molar-refractivity contribution in [2.75, 3.05) is 7.11 Å². The third-order valence-electron chi connectivity index (χ3n) is 4.25. The van der Waals surface area contributed by atoms with Crippen LogP contribution in [0.3, 0.4) is 0 Å². The molecule has 0 bridgehead atoms. The molecule has 1 atom stereocenters. The molecule has 1 unspecified atom stereocenters. The summed E-state index contributed by atoms with van der Waals surface area (Å²) in [6.07, 6.45) is 0. The molecule has 4 nitrogen and oxygen atoms in total. The van der Waals surface area contributed by atoms with Crippen LogP contribution in [0.4, 0.5) is 0 Å². The number of rotatable bonds is 6. The summed E-state index contributed by atoms with van der Waals surface area (Å²) in [6, 6.07) is 11.8. The Kier molecular flexibility index (Phi) is 5.02. The molecular weight excluding hydrogens is 322 g/mol. The van der Waals surface area contributed by atoms with Crippen LogP contribution in [0.25, 0.3) is 11.0 Å². The van der Waals surface area contributed by atoms with Gasteiger partial charge in [0.15, 0.2) is 0 Å². The minimum Gasteiger partial charge on any atom is -0.497 e. The number of thiophene rings is 1. The third-order valence-corrected chi connectivity index (χ3v) is 5.13. The molecule has 3 rings (SSSR count). The molecule has 0 aliphatic rings. The van der Waals surface area contributed by atoms with Gasteiger partial charge in [0.2, 0.25) is 0 Å². The van der Waals surface area contributed by atoms with Gasteiger partial charge in [0.25, 0.3) is 0 Å². The van der Waals surface area contributed by atoms with E-state index < -0.39 is 0 Å². The monoisotopic (exact) mass is 344 g/mol. The van der Waals surface area contributed by atoms with E-state index >= 15 is 0 Å². The van der Waals surface area contributed by atoms with Crippen molar-refractivity contribution in [3.8, 4) is 5.75 Å². The predicted molar refractivity (Wildman–Crippen MR) is 96.9 cm³/mol. The molecule has 3 aromatic rings. The van der Waals surface area contributed by atoms with Crippen molar-refractivity contribution in [2.24, 2.45) is 0 Å². The molecule has 24 heavy (non-hydrogen) atoms. The van der Waals surface area contributed by atoms with Crippen LogP contribution in [0, 0.1) is 0 Å². The first-order valence-corrected chi connectivity index (χ1v) is 8.92. The number of fused-ring (bicyclic) bond motifs is 1. The molecule has 0 fully saturated rings. The summed E-state index contributed by atoms with van der Waals surface area (Å²) in [6.45, 7) is 6.13. The van der Waals surface area contributed by atoms with Gasteiger partial charge < -0.3 is 14.1 Å². The normalized spacial score (nSPS) is 12.7. The highest BCUT2D eigenvalue weighted by molar-refractivity contribution is 7.09. The smallest absolute Gasteiger partial charge is 0.336 e. The Bertz CT molecular complexity index is 868. The molecule has 0 saturated heterocycles. The largest absolute Gasteiger partial charge is 0.497 e. The second kappa shape index (κ2) is 7.20. The summed E-state index contributed by atoms with van der Waals surface area (Å²) in [4.78, 5) is 14.7. The van der Waals surface area contributed by atoms with E-state index in [1.54, 1.807) is 30.6 Å². The average Bonchev–Trinajstić information content (AvgIpc) is 3.06.